The van der Waals surface area contributed by atoms with E-state index in [9.17, 15) is 4.79 Å². The van der Waals surface area contributed by atoms with Crippen molar-refractivity contribution in [2.24, 2.45) is 0 Å². The number of fused-ring (bicyclic) bond motifs is 1. The highest BCUT2D eigenvalue weighted by molar-refractivity contribution is 6.02. The number of hydrogen-bond acceptors (Lipinski definition) is 1. The van der Waals surface area contributed by atoms with Gasteiger partial charge in [0.1, 0.15) is 0 Å². The average molecular weight is 241 g/mol. The average Bonchev–Trinajstić information content (AvgIpc) is 2.38. The molecule has 0 aliphatic carbocycles. The first-order valence-corrected chi connectivity index (χ1v) is 6.43. The SMILES string of the molecule is C/C=C/C=C/C(=O)N1CCCc2cccc(C)c21. The Bertz CT molecular complexity index is 500. The Hall–Kier alpha value is -1.83. The lowest BCUT2D eigenvalue weighted by Crippen LogP contribution is -2.34. The van der Waals surface area contributed by atoms with Crippen molar-refractivity contribution in [1.29, 1.82) is 0 Å². The van der Waals surface area contributed by atoms with Crippen LogP contribution < -0.4 is 4.90 Å². The lowest BCUT2D eigenvalue weighted by Gasteiger charge is -2.30. The zero-order valence-electron chi connectivity index (χ0n) is 11.0. The van der Waals surface area contributed by atoms with Gasteiger partial charge in [0.25, 0.3) is 5.91 Å². The van der Waals surface area contributed by atoms with E-state index in [1.54, 1.807) is 12.2 Å². The molecule has 1 aliphatic heterocycles. The number of aryl methyl sites for hydroxylation is 2. The molecule has 1 heterocycles. The van der Waals surface area contributed by atoms with E-state index in [-0.39, 0.29) is 5.91 Å². The Morgan fingerprint density at radius 1 is 1.33 bits per heavy atom. The van der Waals surface area contributed by atoms with E-state index in [0.717, 1.165) is 25.1 Å². The van der Waals surface area contributed by atoms with Gasteiger partial charge in [-0.3, -0.25) is 4.79 Å². The summed E-state index contributed by atoms with van der Waals surface area (Å²) in [6.07, 6.45) is 9.34. The second-order valence-corrected chi connectivity index (χ2v) is 4.56. The summed E-state index contributed by atoms with van der Waals surface area (Å²) >= 11 is 0. The molecular formula is C16H19NO. The molecule has 2 heteroatoms. The third-order valence-electron chi connectivity index (χ3n) is 3.23. The molecule has 1 amide bonds. The van der Waals surface area contributed by atoms with E-state index in [4.69, 9.17) is 0 Å². The van der Waals surface area contributed by atoms with Crippen LogP contribution in [0.25, 0.3) is 0 Å². The molecule has 1 aromatic rings. The summed E-state index contributed by atoms with van der Waals surface area (Å²) in [6.45, 7) is 4.83. The van der Waals surface area contributed by atoms with Gasteiger partial charge < -0.3 is 4.90 Å². The molecule has 1 aromatic carbocycles. The van der Waals surface area contributed by atoms with Crippen LogP contribution >= 0.6 is 0 Å². The van der Waals surface area contributed by atoms with E-state index in [1.165, 1.54) is 11.1 Å². The standard InChI is InChI=1S/C16H19NO/c1-3-4-5-11-15(18)17-12-7-10-14-9-6-8-13(2)16(14)17/h3-6,8-9,11H,7,10,12H2,1-2H3/b4-3+,11-5+. The highest BCUT2D eigenvalue weighted by Crippen LogP contribution is 2.30. The number of nitrogens with zero attached hydrogens (tertiary/aromatic N) is 1. The summed E-state index contributed by atoms with van der Waals surface area (Å²) in [5.41, 5.74) is 3.58. The van der Waals surface area contributed by atoms with Crippen molar-refractivity contribution in [3.8, 4) is 0 Å². The first-order chi connectivity index (χ1) is 8.74. The van der Waals surface area contributed by atoms with Crippen molar-refractivity contribution in [3.63, 3.8) is 0 Å². The zero-order chi connectivity index (χ0) is 13.0. The first kappa shape index (κ1) is 12.6. The van der Waals surface area contributed by atoms with Crippen LogP contribution in [0.5, 0.6) is 0 Å². The summed E-state index contributed by atoms with van der Waals surface area (Å²) in [6, 6.07) is 6.26. The molecule has 0 atom stereocenters. The molecule has 0 spiro atoms. The van der Waals surface area contributed by atoms with Crippen LogP contribution in [0, 0.1) is 6.92 Å². The van der Waals surface area contributed by atoms with Crippen LogP contribution in [0.4, 0.5) is 5.69 Å². The Balaban J connectivity index is 2.30. The second kappa shape index (κ2) is 5.67. The van der Waals surface area contributed by atoms with Crippen LogP contribution in [-0.4, -0.2) is 12.5 Å². The predicted molar refractivity (Wildman–Crippen MR) is 75.8 cm³/mol. The second-order valence-electron chi connectivity index (χ2n) is 4.56. The third-order valence-corrected chi connectivity index (χ3v) is 3.23. The Morgan fingerprint density at radius 2 is 2.17 bits per heavy atom. The number of carbonyl (C=O) groups is 1. The quantitative estimate of drug-likeness (QED) is 0.574. The predicted octanol–water partition coefficient (Wildman–Crippen LogP) is 3.41. The van der Waals surface area contributed by atoms with Gasteiger partial charge in [-0.15, -0.1) is 0 Å². The molecule has 0 saturated heterocycles. The number of carbonyl (C=O) groups excluding carboxylic acids is 1. The van der Waals surface area contributed by atoms with Crippen LogP contribution in [0.1, 0.15) is 24.5 Å². The summed E-state index contributed by atoms with van der Waals surface area (Å²) in [5.74, 6) is 0.0725. The van der Waals surface area contributed by atoms with Gasteiger partial charge in [0.2, 0.25) is 0 Å². The molecule has 0 fully saturated rings. The molecule has 2 rings (SSSR count). The van der Waals surface area contributed by atoms with E-state index >= 15 is 0 Å². The fraction of sp³-hybridized carbons (Fsp3) is 0.312. The molecule has 0 unspecified atom stereocenters. The molecule has 0 saturated carbocycles. The number of para-hydroxylation sites is 1. The van der Waals surface area contributed by atoms with Crippen molar-refractivity contribution >= 4 is 11.6 Å². The number of amides is 1. The normalized spacial score (nSPS) is 15.3. The number of rotatable bonds is 2. The molecule has 0 bridgehead atoms. The lowest BCUT2D eigenvalue weighted by molar-refractivity contribution is -0.114. The van der Waals surface area contributed by atoms with Crippen molar-refractivity contribution in [3.05, 3.63) is 53.6 Å². The highest BCUT2D eigenvalue weighted by atomic mass is 16.2. The van der Waals surface area contributed by atoms with Gasteiger partial charge in [-0.1, -0.05) is 36.4 Å². The largest absolute Gasteiger partial charge is 0.308 e. The summed E-state index contributed by atoms with van der Waals surface area (Å²) in [7, 11) is 0. The van der Waals surface area contributed by atoms with E-state index in [1.807, 2.05) is 24.0 Å². The van der Waals surface area contributed by atoms with Crippen molar-refractivity contribution < 1.29 is 4.79 Å². The number of hydrogen-bond donors (Lipinski definition) is 0. The van der Waals surface area contributed by atoms with Gasteiger partial charge in [-0.05, 0) is 37.8 Å². The number of anilines is 1. The van der Waals surface area contributed by atoms with Crippen molar-refractivity contribution in [1.82, 2.24) is 0 Å². The van der Waals surface area contributed by atoms with E-state index in [2.05, 4.69) is 25.1 Å². The topological polar surface area (TPSA) is 20.3 Å². The Morgan fingerprint density at radius 3 is 2.94 bits per heavy atom. The minimum atomic E-state index is 0.0725. The van der Waals surface area contributed by atoms with Gasteiger partial charge >= 0.3 is 0 Å². The fourth-order valence-corrected chi connectivity index (χ4v) is 2.41. The van der Waals surface area contributed by atoms with Crippen LogP contribution in [0.3, 0.4) is 0 Å². The van der Waals surface area contributed by atoms with Crippen LogP contribution in [0.2, 0.25) is 0 Å². The van der Waals surface area contributed by atoms with Crippen LogP contribution in [0.15, 0.2) is 42.5 Å². The summed E-state index contributed by atoms with van der Waals surface area (Å²) in [4.78, 5) is 14.1. The molecular weight excluding hydrogens is 222 g/mol. The van der Waals surface area contributed by atoms with Gasteiger partial charge in [-0.25, -0.2) is 0 Å². The summed E-state index contributed by atoms with van der Waals surface area (Å²) in [5, 5.41) is 0. The molecule has 0 aromatic heterocycles. The van der Waals surface area contributed by atoms with Gasteiger partial charge in [-0.2, -0.15) is 0 Å². The Labute approximate surface area is 109 Å². The smallest absolute Gasteiger partial charge is 0.250 e. The number of allylic oxidation sites excluding steroid dienone is 3. The molecule has 2 nitrogen and oxygen atoms in total. The van der Waals surface area contributed by atoms with Gasteiger partial charge in [0.05, 0.1) is 5.69 Å². The molecule has 0 N–H and O–H groups in total. The summed E-state index contributed by atoms with van der Waals surface area (Å²) < 4.78 is 0. The highest BCUT2D eigenvalue weighted by Gasteiger charge is 2.22. The molecule has 94 valence electrons. The number of benzene rings is 1. The fourth-order valence-electron chi connectivity index (χ4n) is 2.41. The lowest BCUT2D eigenvalue weighted by atomic mass is 9.98. The van der Waals surface area contributed by atoms with E-state index < -0.39 is 0 Å². The van der Waals surface area contributed by atoms with Crippen LogP contribution in [-0.2, 0) is 11.2 Å². The minimum absolute atomic E-state index is 0.0725. The maximum absolute atomic E-state index is 12.2. The maximum atomic E-state index is 12.2. The molecule has 18 heavy (non-hydrogen) atoms. The third kappa shape index (κ3) is 2.53. The molecule has 1 aliphatic rings. The Kier molecular flexibility index (Phi) is 3.98. The maximum Gasteiger partial charge on any atom is 0.250 e. The van der Waals surface area contributed by atoms with Crippen molar-refractivity contribution in [2.45, 2.75) is 26.7 Å². The van der Waals surface area contributed by atoms with Crippen molar-refractivity contribution in [2.75, 3.05) is 11.4 Å². The van der Waals surface area contributed by atoms with E-state index in [0.29, 0.717) is 0 Å². The van der Waals surface area contributed by atoms with Gasteiger partial charge in [0, 0.05) is 12.6 Å². The molecule has 0 radical (unpaired) electrons. The monoisotopic (exact) mass is 241 g/mol. The minimum Gasteiger partial charge on any atom is -0.308 e. The van der Waals surface area contributed by atoms with Gasteiger partial charge in [0.15, 0.2) is 0 Å². The first-order valence-electron chi connectivity index (χ1n) is 6.43. The zero-order valence-corrected chi connectivity index (χ0v) is 11.0.